The number of rotatable bonds is 3. The van der Waals surface area contributed by atoms with Crippen molar-refractivity contribution in [3.63, 3.8) is 0 Å². The van der Waals surface area contributed by atoms with Crippen LogP contribution < -0.4 is 5.32 Å². The molecule has 0 fully saturated rings. The Morgan fingerprint density at radius 1 is 1.11 bits per heavy atom. The van der Waals surface area contributed by atoms with Gasteiger partial charge in [-0.2, -0.15) is 0 Å². The predicted octanol–water partition coefficient (Wildman–Crippen LogP) is 4.17. The second-order valence-corrected chi connectivity index (χ2v) is 5.19. The molecule has 3 nitrogen and oxygen atoms in total. The van der Waals surface area contributed by atoms with Gasteiger partial charge in [0.05, 0.1) is 5.69 Å². The van der Waals surface area contributed by atoms with Crippen LogP contribution in [0.3, 0.4) is 0 Å². The fraction of sp³-hybridized carbons (Fsp3) is 0.143. The molecule has 0 aromatic heterocycles. The summed E-state index contributed by atoms with van der Waals surface area (Å²) in [6.45, 7) is 1.81. The van der Waals surface area contributed by atoms with Crippen molar-refractivity contribution in [1.29, 1.82) is 0 Å². The zero-order valence-corrected chi connectivity index (χ0v) is 11.8. The largest absolute Gasteiger partial charge is 0.508 e. The highest BCUT2D eigenvalue weighted by molar-refractivity contribution is 9.10. The maximum absolute atomic E-state index is 13.6. The number of anilines is 1. The van der Waals surface area contributed by atoms with E-state index in [1.165, 1.54) is 24.3 Å². The number of hydrogen-bond donors (Lipinski definition) is 3. The first-order valence-electron chi connectivity index (χ1n) is 5.70. The molecule has 0 heterocycles. The quantitative estimate of drug-likeness (QED) is 0.793. The maximum Gasteiger partial charge on any atom is 0.146 e. The van der Waals surface area contributed by atoms with Crippen LogP contribution in [-0.4, -0.2) is 10.2 Å². The van der Waals surface area contributed by atoms with Gasteiger partial charge in [-0.05, 0) is 42.8 Å². The maximum atomic E-state index is 13.6. The second kappa shape index (κ2) is 5.48. The van der Waals surface area contributed by atoms with E-state index in [1.807, 2.05) is 6.92 Å². The number of nitrogens with one attached hydrogen (secondary N) is 1. The minimum Gasteiger partial charge on any atom is -0.508 e. The van der Waals surface area contributed by atoms with Crippen molar-refractivity contribution in [2.75, 3.05) is 5.32 Å². The molecule has 1 unspecified atom stereocenters. The van der Waals surface area contributed by atoms with E-state index in [4.69, 9.17) is 0 Å². The highest BCUT2D eigenvalue weighted by Gasteiger charge is 2.11. The fourth-order valence-electron chi connectivity index (χ4n) is 1.79. The molecule has 19 heavy (non-hydrogen) atoms. The van der Waals surface area contributed by atoms with E-state index in [0.29, 0.717) is 11.3 Å². The molecule has 0 aliphatic heterocycles. The summed E-state index contributed by atoms with van der Waals surface area (Å²) in [7, 11) is 0. The second-order valence-electron chi connectivity index (χ2n) is 4.27. The average Bonchev–Trinajstić information content (AvgIpc) is 2.32. The topological polar surface area (TPSA) is 52.5 Å². The molecule has 3 N–H and O–H groups in total. The first kappa shape index (κ1) is 13.7. The van der Waals surface area contributed by atoms with E-state index in [9.17, 15) is 14.6 Å². The third kappa shape index (κ3) is 3.38. The van der Waals surface area contributed by atoms with Gasteiger partial charge >= 0.3 is 0 Å². The first-order valence-corrected chi connectivity index (χ1v) is 6.49. The van der Waals surface area contributed by atoms with Gasteiger partial charge in [0.2, 0.25) is 0 Å². The lowest BCUT2D eigenvalue weighted by atomic mass is 10.1. The molecule has 0 saturated carbocycles. The summed E-state index contributed by atoms with van der Waals surface area (Å²) in [6, 6.07) is 8.64. The van der Waals surface area contributed by atoms with Gasteiger partial charge in [-0.15, -0.1) is 0 Å². The van der Waals surface area contributed by atoms with Crippen molar-refractivity contribution in [2.24, 2.45) is 0 Å². The van der Waals surface area contributed by atoms with Gasteiger partial charge in [0.25, 0.3) is 0 Å². The summed E-state index contributed by atoms with van der Waals surface area (Å²) >= 11 is 3.28. The van der Waals surface area contributed by atoms with Crippen molar-refractivity contribution < 1.29 is 14.6 Å². The lowest BCUT2D eigenvalue weighted by Crippen LogP contribution is -2.07. The number of hydrogen-bond acceptors (Lipinski definition) is 3. The van der Waals surface area contributed by atoms with Crippen LogP contribution in [0.25, 0.3) is 0 Å². The van der Waals surface area contributed by atoms with E-state index < -0.39 is 0 Å². The van der Waals surface area contributed by atoms with Crippen molar-refractivity contribution in [3.05, 3.63) is 52.3 Å². The standard InChI is InChI=1S/C14H13BrFNO2/c1-8(9-4-11(18)7-12(19)5-9)17-14-6-10(15)2-3-13(14)16/h2-8,17-19H,1H3. The van der Waals surface area contributed by atoms with E-state index in [0.717, 1.165) is 4.47 Å². The Bertz CT molecular complexity index is 584. The Hall–Kier alpha value is -1.75. The first-order chi connectivity index (χ1) is 8.95. The Labute approximate surface area is 118 Å². The van der Waals surface area contributed by atoms with Crippen molar-refractivity contribution in [2.45, 2.75) is 13.0 Å². The third-order valence-corrected chi connectivity index (χ3v) is 3.22. The molecule has 2 aromatic rings. The number of halogens is 2. The molecule has 1 atom stereocenters. The van der Waals surface area contributed by atoms with E-state index >= 15 is 0 Å². The van der Waals surface area contributed by atoms with Crippen molar-refractivity contribution in [1.82, 2.24) is 0 Å². The number of phenols is 2. The normalized spacial score (nSPS) is 12.2. The lowest BCUT2D eigenvalue weighted by Gasteiger charge is -2.17. The van der Waals surface area contributed by atoms with Gasteiger partial charge in [0, 0.05) is 16.6 Å². The predicted molar refractivity (Wildman–Crippen MR) is 75.9 cm³/mol. The van der Waals surface area contributed by atoms with Crippen LogP contribution in [0, 0.1) is 5.82 Å². The molecule has 0 spiro atoms. The van der Waals surface area contributed by atoms with Gasteiger partial charge in [-0.25, -0.2) is 4.39 Å². The molecule has 0 bridgehead atoms. The summed E-state index contributed by atoms with van der Waals surface area (Å²) in [4.78, 5) is 0. The molecule has 0 amide bonds. The summed E-state index contributed by atoms with van der Waals surface area (Å²) in [6.07, 6.45) is 0. The van der Waals surface area contributed by atoms with Crippen LogP contribution in [0.1, 0.15) is 18.5 Å². The summed E-state index contributed by atoms with van der Waals surface area (Å²) < 4.78 is 14.4. The van der Waals surface area contributed by atoms with Gasteiger partial charge in [-0.1, -0.05) is 15.9 Å². The number of benzene rings is 2. The highest BCUT2D eigenvalue weighted by Crippen LogP contribution is 2.28. The lowest BCUT2D eigenvalue weighted by molar-refractivity contribution is 0.448. The smallest absolute Gasteiger partial charge is 0.146 e. The summed E-state index contributed by atoms with van der Waals surface area (Å²) in [5.74, 6) is -0.420. The Morgan fingerprint density at radius 2 is 1.74 bits per heavy atom. The third-order valence-electron chi connectivity index (χ3n) is 2.73. The molecule has 100 valence electrons. The van der Waals surface area contributed by atoms with E-state index in [1.54, 1.807) is 12.1 Å². The van der Waals surface area contributed by atoms with Crippen LogP contribution in [-0.2, 0) is 0 Å². The molecular formula is C14H13BrFNO2. The van der Waals surface area contributed by atoms with Crippen molar-refractivity contribution >= 4 is 21.6 Å². The number of phenolic OH excluding ortho intramolecular Hbond substituents is 2. The molecule has 0 saturated heterocycles. The van der Waals surface area contributed by atoms with Crippen LogP contribution >= 0.6 is 15.9 Å². The molecule has 2 rings (SSSR count). The monoisotopic (exact) mass is 325 g/mol. The van der Waals surface area contributed by atoms with E-state index in [-0.39, 0.29) is 23.4 Å². The van der Waals surface area contributed by atoms with Crippen LogP contribution in [0.2, 0.25) is 0 Å². The Morgan fingerprint density at radius 3 is 2.37 bits per heavy atom. The molecule has 0 radical (unpaired) electrons. The Balaban J connectivity index is 2.25. The molecule has 0 aliphatic carbocycles. The minimum atomic E-state index is -0.362. The van der Waals surface area contributed by atoms with Crippen molar-refractivity contribution in [3.8, 4) is 11.5 Å². The van der Waals surface area contributed by atoms with Gasteiger partial charge in [0.1, 0.15) is 17.3 Å². The minimum absolute atomic E-state index is 0.0293. The average molecular weight is 326 g/mol. The van der Waals surface area contributed by atoms with Gasteiger partial charge < -0.3 is 15.5 Å². The van der Waals surface area contributed by atoms with E-state index in [2.05, 4.69) is 21.2 Å². The van der Waals surface area contributed by atoms with Gasteiger partial charge in [0.15, 0.2) is 0 Å². The molecular weight excluding hydrogens is 313 g/mol. The molecule has 0 aliphatic rings. The number of aromatic hydroxyl groups is 2. The zero-order valence-electron chi connectivity index (χ0n) is 10.2. The molecule has 5 heteroatoms. The SMILES string of the molecule is CC(Nc1cc(Br)ccc1F)c1cc(O)cc(O)c1. The summed E-state index contributed by atoms with van der Waals surface area (Å²) in [5, 5.41) is 21.9. The fourth-order valence-corrected chi connectivity index (χ4v) is 2.15. The van der Waals surface area contributed by atoms with Gasteiger partial charge in [-0.3, -0.25) is 0 Å². The van der Waals surface area contributed by atoms with Crippen LogP contribution in [0.15, 0.2) is 40.9 Å². The Kier molecular flexibility index (Phi) is 3.95. The highest BCUT2D eigenvalue weighted by atomic mass is 79.9. The zero-order chi connectivity index (χ0) is 14.0. The summed E-state index contributed by atoms with van der Waals surface area (Å²) in [5.41, 5.74) is 1.02. The van der Waals surface area contributed by atoms with Crippen LogP contribution in [0.4, 0.5) is 10.1 Å². The van der Waals surface area contributed by atoms with Crippen LogP contribution in [0.5, 0.6) is 11.5 Å². The molecule has 2 aromatic carbocycles.